The summed E-state index contributed by atoms with van der Waals surface area (Å²) in [7, 11) is 1.99. The molecule has 0 aromatic heterocycles. The molecule has 0 radical (unpaired) electrons. The largest absolute Gasteiger partial charge is 0.486 e. The molecule has 0 bridgehead atoms. The molecule has 3 nitrogen and oxygen atoms in total. The van der Waals surface area contributed by atoms with Crippen molar-refractivity contribution in [1.29, 1.82) is 0 Å². The molecule has 0 aliphatic carbocycles. The average molecular weight is 414 g/mol. The lowest BCUT2D eigenvalue weighted by atomic mass is 9.90. The summed E-state index contributed by atoms with van der Waals surface area (Å²) in [6.07, 6.45) is 11.1. The minimum Gasteiger partial charge on any atom is -0.486 e. The summed E-state index contributed by atoms with van der Waals surface area (Å²) in [6.45, 7) is 13.6. The zero-order valence-corrected chi connectivity index (χ0v) is 19.1. The highest BCUT2D eigenvalue weighted by Crippen LogP contribution is 2.24. The summed E-state index contributed by atoms with van der Waals surface area (Å²) < 4.78 is 20.0. The molecule has 0 saturated carbocycles. The molecule has 1 aromatic rings. The lowest BCUT2D eigenvalue weighted by Crippen LogP contribution is -2.17. The van der Waals surface area contributed by atoms with Crippen molar-refractivity contribution in [3.05, 3.63) is 77.7 Å². The Balaban J connectivity index is 2.78. The molecule has 1 rings (SSSR count). The van der Waals surface area contributed by atoms with E-state index in [0.717, 1.165) is 13.1 Å². The fraction of sp³-hybridized carbons (Fsp3) is 0.423. The van der Waals surface area contributed by atoms with Gasteiger partial charge in [-0.3, -0.25) is 9.69 Å². The Morgan fingerprint density at radius 3 is 2.27 bits per heavy atom. The van der Waals surface area contributed by atoms with Crippen LogP contribution in [0.25, 0.3) is 0 Å². The van der Waals surface area contributed by atoms with Gasteiger partial charge in [-0.25, -0.2) is 4.39 Å². The second-order valence-electron chi connectivity index (χ2n) is 8.03. The molecule has 30 heavy (non-hydrogen) atoms. The summed E-state index contributed by atoms with van der Waals surface area (Å²) in [5.74, 6) is -0.598. The number of carbonyl (C=O) groups is 1. The van der Waals surface area contributed by atoms with E-state index >= 15 is 0 Å². The minimum absolute atomic E-state index is 0.0411. The maximum absolute atomic E-state index is 14.5. The van der Waals surface area contributed by atoms with Crippen molar-refractivity contribution in [2.24, 2.45) is 5.92 Å². The predicted octanol–water partition coefficient (Wildman–Crippen LogP) is 6.39. The smallest absolute Gasteiger partial charge is 0.166 e. The van der Waals surface area contributed by atoms with Crippen molar-refractivity contribution >= 4 is 5.78 Å². The zero-order chi connectivity index (χ0) is 22.5. The Hall–Kier alpha value is -2.46. The fourth-order valence-electron chi connectivity index (χ4n) is 2.83. The zero-order valence-electron chi connectivity index (χ0n) is 19.1. The molecule has 4 heteroatoms. The number of ether oxygens (including phenoxy) is 1. The molecule has 0 amide bonds. The van der Waals surface area contributed by atoms with E-state index < -0.39 is 5.82 Å². The first kappa shape index (κ1) is 25.6. The molecule has 0 unspecified atom stereocenters. The number of ketones is 1. The van der Waals surface area contributed by atoms with E-state index in [1.54, 1.807) is 12.1 Å². The lowest BCUT2D eigenvalue weighted by molar-refractivity contribution is 0.0921. The highest BCUT2D eigenvalue weighted by molar-refractivity contribution is 5.98. The van der Waals surface area contributed by atoms with Gasteiger partial charge in [-0.1, -0.05) is 41.5 Å². The van der Waals surface area contributed by atoms with Crippen LogP contribution in [0.15, 0.2) is 66.3 Å². The average Bonchev–Trinajstić information content (AvgIpc) is 2.68. The first-order valence-corrected chi connectivity index (χ1v) is 10.4. The standard InChI is InChI=1S/C26H36FNO2/c1-7-16-28(6)17-8-9-18-30-25-15-14-23(19-24(25)27)26(29)22(12-10-20(2)3)13-11-21(4)5/h7-11,14-15,19,22H,1,12-13,16-18H2,2-6H3/b9-8+. The van der Waals surface area contributed by atoms with E-state index in [-0.39, 0.29) is 24.1 Å². The molecule has 0 spiro atoms. The molecule has 0 aliphatic heterocycles. The van der Waals surface area contributed by atoms with Crippen molar-refractivity contribution in [3.8, 4) is 5.75 Å². The van der Waals surface area contributed by atoms with Gasteiger partial charge in [0, 0.05) is 24.6 Å². The van der Waals surface area contributed by atoms with Crippen LogP contribution in [0.3, 0.4) is 0 Å². The highest BCUT2D eigenvalue weighted by Gasteiger charge is 2.19. The van der Waals surface area contributed by atoms with Gasteiger partial charge in [0.2, 0.25) is 0 Å². The van der Waals surface area contributed by atoms with Crippen LogP contribution in [0, 0.1) is 11.7 Å². The second-order valence-corrected chi connectivity index (χ2v) is 8.03. The number of rotatable bonds is 13. The van der Waals surface area contributed by atoms with E-state index in [4.69, 9.17) is 4.74 Å². The van der Waals surface area contributed by atoms with Crippen LogP contribution in [0.5, 0.6) is 5.75 Å². The van der Waals surface area contributed by atoms with Gasteiger partial charge < -0.3 is 4.74 Å². The van der Waals surface area contributed by atoms with Gasteiger partial charge in [0.05, 0.1) is 0 Å². The molecule has 0 fully saturated rings. The number of nitrogens with zero attached hydrogens (tertiary/aromatic N) is 1. The van der Waals surface area contributed by atoms with Crippen molar-refractivity contribution < 1.29 is 13.9 Å². The van der Waals surface area contributed by atoms with Crippen LogP contribution in [0.2, 0.25) is 0 Å². The van der Waals surface area contributed by atoms with Crippen molar-refractivity contribution in [3.63, 3.8) is 0 Å². The molecular formula is C26H36FNO2. The van der Waals surface area contributed by atoms with Crippen LogP contribution in [-0.2, 0) is 0 Å². The molecule has 164 valence electrons. The molecule has 0 N–H and O–H groups in total. The summed E-state index contributed by atoms with van der Waals surface area (Å²) in [5.41, 5.74) is 2.73. The Labute approximate surface area is 181 Å². The van der Waals surface area contributed by atoms with E-state index in [2.05, 4.69) is 23.6 Å². The van der Waals surface area contributed by atoms with Crippen LogP contribution < -0.4 is 4.74 Å². The monoisotopic (exact) mass is 413 g/mol. The maximum Gasteiger partial charge on any atom is 0.166 e. The summed E-state index contributed by atoms with van der Waals surface area (Å²) >= 11 is 0. The minimum atomic E-state index is -0.513. The quantitative estimate of drug-likeness (QED) is 0.277. The van der Waals surface area contributed by atoms with Crippen molar-refractivity contribution in [2.75, 3.05) is 26.7 Å². The number of Topliss-reactive ketones (excluding diaryl/α,β-unsaturated/α-hetero) is 1. The molecular weight excluding hydrogens is 377 g/mol. The van der Waals surface area contributed by atoms with E-state index in [0.29, 0.717) is 18.4 Å². The van der Waals surface area contributed by atoms with Crippen LogP contribution >= 0.6 is 0 Å². The maximum atomic E-state index is 14.5. The van der Waals surface area contributed by atoms with E-state index in [1.807, 2.05) is 53.0 Å². The third kappa shape index (κ3) is 9.84. The normalized spacial score (nSPS) is 11.1. The molecule has 0 heterocycles. The van der Waals surface area contributed by atoms with Crippen LogP contribution in [0.4, 0.5) is 4.39 Å². The predicted molar refractivity (Wildman–Crippen MR) is 125 cm³/mol. The van der Waals surface area contributed by atoms with Crippen LogP contribution in [-0.4, -0.2) is 37.4 Å². The summed E-state index contributed by atoms with van der Waals surface area (Å²) in [5, 5.41) is 0. The van der Waals surface area contributed by atoms with E-state index in [9.17, 15) is 9.18 Å². The van der Waals surface area contributed by atoms with Gasteiger partial charge in [0.1, 0.15) is 6.61 Å². The lowest BCUT2D eigenvalue weighted by Gasteiger charge is -2.14. The van der Waals surface area contributed by atoms with Gasteiger partial charge >= 0.3 is 0 Å². The number of carbonyl (C=O) groups excluding carboxylic acids is 1. The van der Waals surface area contributed by atoms with Gasteiger partial charge in [-0.05, 0) is 65.8 Å². The van der Waals surface area contributed by atoms with Gasteiger partial charge in [0.15, 0.2) is 17.3 Å². The third-order valence-electron chi connectivity index (χ3n) is 4.57. The molecule has 0 aliphatic rings. The Bertz CT molecular complexity index is 764. The Morgan fingerprint density at radius 2 is 1.73 bits per heavy atom. The third-order valence-corrected chi connectivity index (χ3v) is 4.57. The van der Waals surface area contributed by atoms with Crippen molar-refractivity contribution in [1.82, 2.24) is 4.90 Å². The number of benzene rings is 1. The van der Waals surface area contributed by atoms with Gasteiger partial charge in [-0.2, -0.15) is 0 Å². The molecule has 0 saturated heterocycles. The number of allylic oxidation sites excluding steroid dienone is 4. The van der Waals surface area contributed by atoms with Gasteiger partial charge in [0.25, 0.3) is 0 Å². The number of hydrogen-bond donors (Lipinski definition) is 0. The first-order valence-electron chi connectivity index (χ1n) is 10.4. The fourth-order valence-corrected chi connectivity index (χ4v) is 2.83. The summed E-state index contributed by atoms with van der Waals surface area (Å²) in [4.78, 5) is 15.0. The van der Waals surface area contributed by atoms with Crippen molar-refractivity contribution in [2.45, 2.75) is 40.5 Å². The Kier molecular flexibility index (Phi) is 11.7. The SMILES string of the molecule is C=CCN(C)C/C=C/COc1ccc(C(=O)C(CC=C(C)C)CC=C(C)C)cc1F. The number of hydrogen-bond acceptors (Lipinski definition) is 3. The molecule has 0 atom stereocenters. The Morgan fingerprint density at radius 1 is 1.10 bits per heavy atom. The topological polar surface area (TPSA) is 29.5 Å². The second kappa shape index (κ2) is 13.7. The molecule has 1 aromatic carbocycles. The first-order chi connectivity index (χ1) is 14.2. The summed E-state index contributed by atoms with van der Waals surface area (Å²) in [6, 6.07) is 4.48. The van der Waals surface area contributed by atoms with Gasteiger partial charge in [-0.15, -0.1) is 6.58 Å². The number of halogens is 1. The van der Waals surface area contributed by atoms with Crippen LogP contribution in [0.1, 0.15) is 50.9 Å². The van der Waals surface area contributed by atoms with E-state index in [1.165, 1.54) is 17.2 Å². The highest BCUT2D eigenvalue weighted by atomic mass is 19.1. The number of likely N-dealkylation sites (N-methyl/N-ethyl adjacent to an activating group) is 1.